The minimum Gasteiger partial charge on any atom is -0.318 e. The maximum Gasteiger partial charge on any atom is 0.245 e. The lowest BCUT2D eigenvalue weighted by Gasteiger charge is -2.17. The molecular formula is C10H15N3O. The summed E-state index contributed by atoms with van der Waals surface area (Å²) in [5.74, 6) is 0.285. The van der Waals surface area contributed by atoms with E-state index in [0.717, 1.165) is 5.56 Å². The van der Waals surface area contributed by atoms with Gasteiger partial charge in [0.15, 0.2) is 0 Å². The van der Waals surface area contributed by atoms with Gasteiger partial charge in [0.2, 0.25) is 5.91 Å². The molecule has 1 heterocycles. The van der Waals surface area contributed by atoms with Gasteiger partial charge >= 0.3 is 0 Å². The molecule has 0 unspecified atom stereocenters. The fraction of sp³-hybridized carbons (Fsp3) is 0.400. The second kappa shape index (κ2) is 3.75. The molecule has 0 aliphatic carbocycles. The van der Waals surface area contributed by atoms with Crippen LogP contribution in [0.15, 0.2) is 18.3 Å². The number of hydrogen-bond donors (Lipinski definition) is 2. The van der Waals surface area contributed by atoms with E-state index in [-0.39, 0.29) is 5.91 Å². The number of rotatable bonds is 2. The summed E-state index contributed by atoms with van der Waals surface area (Å²) in [6.45, 7) is 5.23. The van der Waals surface area contributed by atoms with Crippen molar-refractivity contribution in [2.75, 3.05) is 5.32 Å². The quantitative estimate of drug-likeness (QED) is 0.738. The smallest absolute Gasteiger partial charge is 0.245 e. The Labute approximate surface area is 83.5 Å². The van der Waals surface area contributed by atoms with Crippen LogP contribution in [-0.4, -0.2) is 16.4 Å². The van der Waals surface area contributed by atoms with E-state index in [1.165, 1.54) is 0 Å². The van der Waals surface area contributed by atoms with E-state index in [9.17, 15) is 4.79 Å². The maximum absolute atomic E-state index is 11.4. The van der Waals surface area contributed by atoms with Gasteiger partial charge in [-0.15, -0.1) is 0 Å². The average molecular weight is 193 g/mol. The summed E-state index contributed by atoms with van der Waals surface area (Å²) in [6.07, 6.45) is 1.69. The van der Waals surface area contributed by atoms with Gasteiger partial charge in [0, 0.05) is 6.20 Å². The van der Waals surface area contributed by atoms with Gasteiger partial charge in [-0.1, -0.05) is 6.07 Å². The largest absolute Gasteiger partial charge is 0.318 e. The lowest BCUT2D eigenvalue weighted by atomic mass is 10.1. The second-order valence-electron chi connectivity index (χ2n) is 3.90. The molecule has 0 radical (unpaired) electrons. The zero-order valence-corrected chi connectivity index (χ0v) is 8.66. The van der Waals surface area contributed by atoms with Crippen molar-refractivity contribution in [3.8, 4) is 0 Å². The van der Waals surface area contributed by atoms with Gasteiger partial charge in [0.1, 0.15) is 5.82 Å². The summed E-state index contributed by atoms with van der Waals surface area (Å²) in [6, 6.07) is 3.63. The molecule has 3 N–H and O–H groups in total. The van der Waals surface area contributed by atoms with Crippen molar-refractivity contribution in [1.29, 1.82) is 0 Å². The predicted molar refractivity (Wildman–Crippen MR) is 55.9 cm³/mol. The number of aromatic nitrogens is 1. The minimum absolute atomic E-state index is 0.242. The molecule has 0 saturated carbocycles. The number of anilines is 1. The normalized spacial score (nSPS) is 11.1. The first kappa shape index (κ1) is 10.7. The number of amides is 1. The van der Waals surface area contributed by atoms with Crippen LogP contribution in [0.1, 0.15) is 19.4 Å². The van der Waals surface area contributed by atoms with Crippen LogP contribution < -0.4 is 11.1 Å². The second-order valence-corrected chi connectivity index (χ2v) is 3.90. The monoisotopic (exact) mass is 193 g/mol. The molecule has 1 aromatic heterocycles. The molecule has 0 atom stereocenters. The van der Waals surface area contributed by atoms with E-state index in [4.69, 9.17) is 5.73 Å². The molecule has 4 heteroatoms. The van der Waals surface area contributed by atoms with Crippen LogP contribution in [-0.2, 0) is 4.79 Å². The summed E-state index contributed by atoms with van der Waals surface area (Å²) in [5.41, 5.74) is 5.79. The molecule has 0 aliphatic heterocycles. The topological polar surface area (TPSA) is 68.0 Å². The third kappa shape index (κ3) is 2.81. The van der Waals surface area contributed by atoms with Gasteiger partial charge in [-0.2, -0.15) is 0 Å². The van der Waals surface area contributed by atoms with Crippen LogP contribution in [0, 0.1) is 6.92 Å². The standard InChI is InChI=1S/C10H15N3O/c1-7-4-5-8(12-6-7)13-9(14)10(2,3)11/h4-6H,11H2,1-3H3,(H,12,13,14). The Balaban J connectivity index is 2.71. The first-order chi connectivity index (χ1) is 6.39. The summed E-state index contributed by atoms with van der Waals surface area (Å²) in [7, 11) is 0. The zero-order valence-electron chi connectivity index (χ0n) is 8.66. The summed E-state index contributed by atoms with van der Waals surface area (Å²) < 4.78 is 0. The van der Waals surface area contributed by atoms with Crippen molar-refractivity contribution in [1.82, 2.24) is 4.98 Å². The molecule has 76 valence electrons. The van der Waals surface area contributed by atoms with Crippen molar-refractivity contribution in [2.24, 2.45) is 5.73 Å². The van der Waals surface area contributed by atoms with E-state index in [0.29, 0.717) is 5.82 Å². The van der Waals surface area contributed by atoms with Gasteiger partial charge in [0.25, 0.3) is 0 Å². The molecule has 0 aromatic carbocycles. The number of nitrogens with two attached hydrogens (primary N) is 1. The van der Waals surface area contributed by atoms with Crippen LogP contribution in [0.2, 0.25) is 0 Å². The fourth-order valence-corrected chi connectivity index (χ4v) is 0.819. The Morgan fingerprint density at radius 2 is 2.14 bits per heavy atom. The number of carbonyl (C=O) groups excluding carboxylic acids is 1. The molecule has 0 fully saturated rings. The van der Waals surface area contributed by atoms with E-state index in [1.54, 1.807) is 26.1 Å². The molecule has 0 bridgehead atoms. The van der Waals surface area contributed by atoms with Gasteiger partial charge in [0.05, 0.1) is 5.54 Å². The van der Waals surface area contributed by atoms with Gasteiger partial charge in [-0.3, -0.25) is 4.79 Å². The SMILES string of the molecule is Cc1ccc(NC(=O)C(C)(C)N)nc1. The molecule has 0 saturated heterocycles. The first-order valence-electron chi connectivity index (χ1n) is 4.42. The van der Waals surface area contributed by atoms with Crippen molar-refractivity contribution in [3.63, 3.8) is 0 Å². The van der Waals surface area contributed by atoms with Crippen LogP contribution in [0.5, 0.6) is 0 Å². The van der Waals surface area contributed by atoms with Crippen LogP contribution in [0.3, 0.4) is 0 Å². The highest BCUT2D eigenvalue weighted by molar-refractivity contribution is 5.96. The molecule has 1 aromatic rings. The lowest BCUT2D eigenvalue weighted by Crippen LogP contribution is -2.45. The first-order valence-corrected chi connectivity index (χ1v) is 4.42. The van der Waals surface area contributed by atoms with Crippen LogP contribution in [0.4, 0.5) is 5.82 Å². The van der Waals surface area contributed by atoms with Gasteiger partial charge < -0.3 is 11.1 Å². The molecule has 1 rings (SSSR count). The number of aryl methyl sites for hydroxylation is 1. The summed E-state index contributed by atoms with van der Waals surface area (Å²) >= 11 is 0. The Morgan fingerprint density at radius 3 is 2.57 bits per heavy atom. The fourth-order valence-electron chi connectivity index (χ4n) is 0.819. The van der Waals surface area contributed by atoms with Gasteiger partial charge in [-0.05, 0) is 32.4 Å². The highest BCUT2D eigenvalue weighted by atomic mass is 16.2. The van der Waals surface area contributed by atoms with E-state index in [2.05, 4.69) is 10.3 Å². The molecular weight excluding hydrogens is 178 g/mol. The van der Waals surface area contributed by atoms with Crippen molar-refractivity contribution < 1.29 is 4.79 Å². The highest BCUT2D eigenvalue weighted by Gasteiger charge is 2.21. The van der Waals surface area contributed by atoms with Crippen molar-refractivity contribution in [2.45, 2.75) is 26.3 Å². The predicted octanol–water partition coefficient (Wildman–Crippen LogP) is 1.07. The summed E-state index contributed by atoms with van der Waals surface area (Å²) in [4.78, 5) is 15.5. The molecule has 1 amide bonds. The Morgan fingerprint density at radius 1 is 1.50 bits per heavy atom. The van der Waals surface area contributed by atoms with Gasteiger partial charge in [-0.25, -0.2) is 4.98 Å². The number of nitrogens with zero attached hydrogens (tertiary/aromatic N) is 1. The van der Waals surface area contributed by atoms with E-state index in [1.807, 2.05) is 13.0 Å². The Hall–Kier alpha value is -1.42. The third-order valence-electron chi connectivity index (χ3n) is 1.74. The number of carbonyl (C=O) groups is 1. The molecule has 0 spiro atoms. The van der Waals surface area contributed by atoms with Crippen LogP contribution >= 0.6 is 0 Å². The van der Waals surface area contributed by atoms with E-state index < -0.39 is 5.54 Å². The maximum atomic E-state index is 11.4. The zero-order chi connectivity index (χ0) is 10.8. The van der Waals surface area contributed by atoms with Crippen LogP contribution in [0.25, 0.3) is 0 Å². The lowest BCUT2D eigenvalue weighted by molar-refractivity contribution is -0.120. The number of hydrogen-bond acceptors (Lipinski definition) is 3. The molecule has 0 aliphatic rings. The average Bonchev–Trinajstić information content (AvgIpc) is 2.07. The number of nitrogens with one attached hydrogen (secondary N) is 1. The Kier molecular flexibility index (Phi) is 2.86. The highest BCUT2D eigenvalue weighted by Crippen LogP contribution is 2.06. The molecule has 4 nitrogen and oxygen atoms in total. The van der Waals surface area contributed by atoms with Crippen molar-refractivity contribution in [3.05, 3.63) is 23.9 Å². The summed E-state index contributed by atoms with van der Waals surface area (Å²) in [5, 5.41) is 2.63. The minimum atomic E-state index is -0.882. The Bertz CT molecular complexity index is 324. The molecule has 14 heavy (non-hydrogen) atoms. The van der Waals surface area contributed by atoms with Crippen molar-refractivity contribution >= 4 is 11.7 Å². The third-order valence-corrected chi connectivity index (χ3v) is 1.74. The number of pyridine rings is 1. The van der Waals surface area contributed by atoms with E-state index >= 15 is 0 Å².